The molecular weight excluding hydrogens is 270 g/mol. The highest BCUT2D eigenvalue weighted by Gasteiger charge is 2.22. The summed E-state index contributed by atoms with van der Waals surface area (Å²) in [6, 6.07) is 8.92. The summed E-state index contributed by atoms with van der Waals surface area (Å²) >= 11 is 5.20. The van der Waals surface area contributed by atoms with Crippen molar-refractivity contribution >= 4 is 27.4 Å². The molecule has 106 valence electrons. The maximum Gasteiger partial charge on any atom is 0.285 e. The number of hydrogen-bond acceptors (Lipinski definition) is 1. The van der Waals surface area contributed by atoms with Gasteiger partial charge in [0.05, 0.1) is 10.9 Å². The minimum absolute atomic E-state index is 0.0544. The van der Waals surface area contributed by atoms with Crippen LogP contribution in [0.25, 0.3) is 0 Å². The summed E-state index contributed by atoms with van der Waals surface area (Å²) in [5.74, 6) is 2.13. The Balaban J connectivity index is 2.72. The first kappa shape index (κ1) is 16.5. The molecule has 0 spiro atoms. The maximum atomic E-state index is 5.87. The maximum absolute atomic E-state index is 5.87. The van der Waals surface area contributed by atoms with Crippen LogP contribution in [-0.2, 0) is 22.1 Å². The molecule has 0 aliphatic heterocycles. The molecule has 0 amide bonds. The zero-order valence-corrected chi connectivity index (χ0v) is 14.2. The van der Waals surface area contributed by atoms with E-state index in [0.29, 0.717) is 4.32 Å². The van der Waals surface area contributed by atoms with Gasteiger partial charge in [0.2, 0.25) is 0 Å². The second-order valence-corrected chi connectivity index (χ2v) is 8.78. The molecular formula is C16H26NS2+. The summed E-state index contributed by atoms with van der Waals surface area (Å²) in [6.07, 6.45) is 2.41. The van der Waals surface area contributed by atoms with Crippen LogP contribution in [0.1, 0.15) is 51.7 Å². The second kappa shape index (κ2) is 7.30. The third-order valence-electron chi connectivity index (χ3n) is 3.19. The molecule has 0 bridgehead atoms. The molecule has 0 heterocycles. The lowest BCUT2D eigenvalue weighted by molar-refractivity contribution is 0.590. The summed E-state index contributed by atoms with van der Waals surface area (Å²) in [5.41, 5.74) is 8.80. The van der Waals surface area contributed by atoms with Crippen molar-refractivity contribution in [2.24, 2.45) is 5.73 Å². The highest BCUT2D eigenvalue weighted by Crippen LogP contribution is 2.23. The lowest BCUT2D eigenvalue weighted by Gasteiger charge is -2.19. The molecule has 3 heteroatoms. The van der Waals surface area contributed by atoms with Crippen molar-refractivity contribution in [2.75, 3.05) is 5.75 Å². The van der Waals surface area contributed by atoms with Crippen LogP contribution in [0, 0.1) is 0 Å². The van der Waals surface area contributed by atoms with Crippen LogP contribution in [0.2, 0.25) is 0 Å². The first-order valence-electron chi connectivity index (χ1n) is 6.91. The van der Waals surface area contributed by atoms with Crippen LogP contribution in [0.4, 0.5) is 0 Å². The first-order valence-corrected chi connectivity index (χ1v) is 8.88. The molecule has 0 aromatic heterocycles. The Labute approximate surface area is 126 Å². The summed E-state index contributed by atoms with van der Waals surface area (Å²) in [5, 5.41) is 0. The second-order valence-electron chi connectivity index (χ2n) is 5.96. The van der Waals surface area contributed by atoms with Crippen LogP contribution in [0.3, 0.4) is 0 Å². The van der Waals surface area contributed by atoms with E-state index in [4.69, 9.17) is 18.0 Å². The fourth-order valence-electron chi connectivity index (χ4n) is 1.86. The van der Waals surface area contributed by atoms with Crippen molar-refractivity contribution in [3.63, 3.8) is 0 Å². The van der Waals surface area contributed by atoms with Crippen LogP contribution in [0.15, 0.2) is 24.3 Å². The summed E-state index contributed by atoms with van der Waals surface area (Å²) in [7, 11) is 0.0544. The van der Waals surface area contributed by atoms with Gasteiger partial charge in [0.1, 0.15) is 11.5 Å². The largest absolute Gasteiger partial charge is 0.350 e. The van der Waals surface area contributed by atoms with Gasteiger partial charge in [-0.3, -0.25) is 0 Å². The van der Waals surface area contributed by atoms with Gasteiger partial charge < -0.3 is 5.73 Å². The van der Waals surface area contributed by atoms with E-state index in [9.17, 15) is 0 Å². The van der Waals surface area contributed by atoms with E-state index in [0.717, 1.165) is 11.5 Å². The first-order chi connectivity index (χ1) is 8.84. The van der Waals surface area contributed by atoms with Gasteiger partial charge in [0.25, 0.3) is 4.32 Å². The minimum Gasteiger partial charge on any atom is -0.350 e. The Hall–Kier alpha value is -0.540. The molecule has 2 N–H and O–H groups in total. The van der Waals surface area contributed by atoms with E-state index >= 15 is 0 Å². The molecule has 1 aromatic carbocycles. The van der Waals surface area contributed by atoms with Gasteiger partial charge in [-0.1, -0.05) is 58.4 Å². The smallest absolute Gasteiger partial charge is 0.285 e. The zero-order valence-electron chi connectivity index (χ0n) is 12.5. The SMILES string of the molecule is CCCC[S+](Cc1ccc(C(C)(C)C)cc1)C(N)=S. The van der Waals surface area contributed by atoms with Crippen LogP contribution in [-0.4, -0.2) is 10.1 Å². The number of benzene rings is 1. The Morgan fingerprint density at radius 2 is 1.79 bits per heavy atom. The number of hydrogen-bond donors (Lipinski definition) is 1. The van der Waals surface area contributed by atoms with Crippen molar-refractivity contribution < 1.29 is 0 Å². The molecule has 1 nitrogen and oxygen atoms in total. The molecule has 19 heavy (non-hydrogen) atoms. The number of rotatable bonds is 5. The van der Waals surface area contributed by atoms with Crippen molar-refractivity contribution in [1.29, 1.82) is 0 Å². The van der Waals surface area contributed by atoms with E-state index in [1.807, 2.05) is 0 Å². The number of nitrogens with two attached hydrogens (primary N) is 1. The third kappa shape index (κ3) is 5.53. The molecule has 0 aliphatic rings. The van der Waals surface area contributed by atoms with E-state index < -0.39 is 0 Å². The molecule has 1 unspecified atom stereocenters. The highest BCUT2D eigenvalue weighted by molar-refractivity contribution is 8.20. The molecule has 0 saturated heterocycles. The van der Waals surface area contributed by atoms with Gasteiger partial charge in [-0.05, 0) is 29.6 Å². The van der Waals surface area contributed by atoms with Gasteiger partial charge in [-0.15, -0.1) is 0 Å². The van der Waals surface area contributed by atoms with Crippen LogP contribution >= 0.6 is 12.2 Å². The predicted molar refractivity (Wildman–Crippen MR) is 92.8 cm³/mol. The Kier molecular flexibility index (Phi) is 6.34. The van der Waals surface area contributed by atoms with Crippen molar-refractivity contribution in [3.05, 3.63) is 35.4 Å². The quantitative estimate of drug-likeness (QED) is 0.652. The van der Waals surface area contributed by atoms with E-state index in [-0.39, 0.29) is 16.3 Å². The fraction of sp³-hybridized carbons (Fsp3) is 0.562. The number of thiocarbonyl (C=S) groups is 1. The monoisotopic (exact) mass is 296 g/mol. The standard InChI is InChI=1S/C16H25NS2/c1-5-6-11-19(15(17)18)12-13-7-9-14(10-8-13)16(2,3)4/h7-10H,5-6,11-12H2,1-4H3,(H-,17,18)/p+1. The Morgan fingerprint density at radius 1 is 1.21 bits per heavy atom. The van der Waals surface area contributed by atoms with Crippen molar-refractivity contribution in [3.8, 4) is 0 Å². The Morgan fingerprint density at radius 3 is 2.21 bits per heavy atom. The molecule has 1 aromatic rings. The lowest BCUT2D eigenvalue weighted by Crippen LogP contribution is -2.26. The third-order valence-corrected chi connectivity index (χ3v) is 5.93. The van der Waals surface area contributed by atoms with E-state index in [1.54, 1.807) is 0 Å². The highest BCUT2D eigenvalue weighted by atomic mass is 32.2. The van der Waals surface area contributed by atoms with Gasteiger partial charge in [0, 0.05) is 5.56 Å². The van der Waals surface area contributed by atoms with E-state index in [1.165, 1.54) is 24.0 Å². The topological polar surface area (TPSA) is 26.0 Å². The molecule has 1 atom stereocenters. The van der Waals surface area contributed by atoms with Gasteiger partial charge in [0.15, 0.2) is 0 Å². The molecule has 0 saturated carbocycles. The minimum atomic E-state index is 0.0544. The van der Waals surface area contributed by atoms with Gasteiger partial charge in [-0.2, -0.15) is 0 Å². The summed E-state index contributed by atoms with van der Waals surface area (Å²) < 4.78 is 0.688. The summed E-state index contributed by atoms with van der Waals surface area (Å²) in [6.45, 7) is 8.92. The molecule has 0 aliphatic carbocycles. The fourth-order valence-corrected chi connectivity index (χ4v) is 4.01. The lowest BCUT2D eigenvalue weighted by atomic mass is 9.87. The molecule has 1 rings (SSSR count). The van der Waals surface area contributed by atoms with Crippen LogP contribution in [0.5, 0.6) is 0 Å². The zero-order chi connectivity index (χ0) is 14.5. The van der Waals surface area contributed by atoms with Gasteiger partial charge >= 0.3 is 0 Å². The van der Waals surface area contributed by atoms with Crippen molar-refractivity contribution in [1.82, 2.24) is 0 Å². The normalized spacial score (nSPS) is 13.3. The average Bonchev–Trinajstić information content (AvgIpc) is 2.33. The van der Waals surface area contributed by atoms with E-state index in [2.05, 4.69) is 52.0 Å². The predicted octanol–water partition coefficient (Wildman–Crippen LogP) is 4.15. The average molecular weight is 297 g/mol. The molecule has 0 radical (unpaired) electrons. The summed E-state index contributed by atoms with van der Waals surface area (Å²) in [4.78, 5) is 0. The van der Waals surface area contributed by atoms with Crippen molar-refractivity contribution in [2.45, 2.75) is 51.7 Å². The number of unbranched alkanes of at least 4 members (excludes halogenated alkanes) is 1. The Bertz CT molecular complexity index is 404. The molecule has 0 fully saturated rings. The van der Waals surface area contributed by atoms with Gasteiger partial charge in [-0.25, -0.2) is 0 Å². The van der Waals surface area contributed by atoms with Crippen LogP contribution < -0.4 is 5.73 Å².